The van der Waals surface area contributed by atoms with Gasteiger partial charge < -0.3 is 14.2 Å². The van der Waals surface area contributed by atoms with Crippen LogP contribution in [0, 0.1) is 0 Å². The number of hydrogen-bond acceptors (Lipinski definition) is 6. The molecule has 0 fully saturated rings. The van der Waals surface area contributed by atoms with E-state index < -0.39 is 6.10 Å². The average Bonchev–Trinajstić information content (AvgIpc) is 3.18. The van der Waals surface area contributed by atoms with Gasteiger partial charge in [0, 0.05) is 19.3 Å². The molecule has 0 saturated heterocycles. The molecule has 55 heavy (non-hydrogen) atoms. The van der Waals surface area contributed by atoms with E-state index in [9.17, 15) is 14.4 Å². The van der Waals surface area contributed by atoms with Crippen LogP contribution in [0.1, 0.15) is 226 Å². The summed E-state index contributed by atoms with van der Waals surface area (Å²) in [5.74, 6) is -0.943. The molecule has 0 aliphatic carbocycles. The van der Waals surface area contributed by atoms with Crippen LogP contribution in [0.15, 0.2) is 48.6 Å². The topological polar surface area (TPSA) is 78.9 Å². The third-order valence-corrected chi connectivity index (χ3v) is 9.79. The number of esters is 3. The number of carbonyl (C=O) groups excluding carboxylic acids is 3. The van der Waals surface area contributed by atoms with E-state index in [0.717, 1.165) is 83.5 Å². The minimum Gasteiger partial charge on any atom is -0.462 e. The van der Waals surface area contributed by atoms with Crippen molar-refractivity contribution in [3.8, 4) is 0 Å². The van der Waals surface area contributed by atoms with Crippen molar-refractivity contribution in [2.45, 2.75) is 232 Å². The Kier molecular flexibility index (Phi) is 42.0. The summed E-state index contributed by atoms with van der Waals surface area (Å²) < 4.78 is 16.6. The molecule has 0 bridgehead atoms. The van der Waals surface area contributed by atoms with Crippen molar-refractivity contribution in [3.05, 3.63) is 48.6 Å². The highest BCUT2D eigenvalue weighted by molar-refractivity contribution is 5.71. The van der Waals surface area contributed by atoms with Gasteiger partial charge in [0.2, 0.25) is 0 Å². The third-order valence-electron chi connectivity index (χ3n) is 9.79. The summed E-state index contributed by atoms with van der Waals surface area (Å²) in [6, 6.07) is 0. The summed E-state index contributed by atoms with van der Waals surface area (Å²) in [6.45, 7) is 6.42. The predicted octanol–water partition coefficient (Wildman–Crippen LogP) is 14.8. The minimum absolute atomic E-state index is 0.0890. The van der Waals surface area contributed by atoms with Gasteiger partial charge in [-0.15, -0.1) is 0 Å². The van der Waals surface area contributed by atoms with Crippen molar-refractivity contribution < 1.29 is 28.6 Å². The van der Waals surface area contributed by atoms with Gasteiger partial charge in [0.15, 0.2) is 6.10 Å². The molecular formula is C49H86O6. The van der Waals surface area contributed by atoms with Crippen LogP contribution in [0.25, 0.3) is 0 Å². The van der Waals surface area contributed by atoms with Crippen molar-refractivity contribution in [3.63, 3.8) is 0 Å². The summed E-state index contributed by atoms with van der Waals surface area (Å²) in [5.41, 5.74) is 0. The van der Waals surface area contributed by atoms with E-state index >= 15 is 0 Å². The van der Waals surface area contributed by atoms with E-state index in [-0.39, 0.29) is 31.1 Å². The van der Waals surface area contributed by atoms with Crippen LogP contribution in [-0.4, -0.2) is 37.2 Å². The second-order valence-electron chi connectivity index (χ2n) is 15.3. The molecular weight excluding hydrogens is 685 g/mol. The zero-order valence-corrected chi connectivity index (χ0v) is 36.2. The van der Waals surface area contributed by atoms with Crippen LogP contribution in [-0.2, 0) is 28.6 Å². The molecule has 0 saturated carbocycles. The predicted molar refractivity (Wildman–Crippen MR) is 233 cm³/mol. The molecule has 0 spiro atoms. The fraction of sp³-hybridized carbons (Fsp3) is 0.776. The molecule has 0 rings (SSSR count). The third kappa shape index (κ3) is 42.4. The summed E-state index contributed by atoms with van der Waals surface area (Å²) in [4.78, 5) is 37.6. The molecule has 0 aliphatic heterocycles. The number of hydrogen-bond donors (Lipinski definition) is 0. The van der Waals surface area contributed by atoms with E-state index in [4.69, 9.17) is 14.2 Å². The second-order valence-corrected chi connectivity index (χ2v) is 15.3. The first-order chi connectivity index (χ1) is 27.0. The maximum absolute atomic E-state index is 12.7. The molecule has 1 unspecified atom stereocenters. The fourth-order valence-electron chi connectivity index (χ4n) is 6.28. The largest absolute Gasteiger partial charge is 0.462 e. The Balaban J connectivity index is 4.34. The molecule has 0 aromatic carbocycles. The molecule has 0 heterocycles. The van der Waals surface area contributed by atoms with Crippen molar-refractivity contribution in [1.29, 1.82) is 0 Å². The van der Waals surface area contributed by atoms with Crippen LogP contribution >= 0.6 is 0 Å². The van der Waals surface area contributed by atoms with Crippen molar-refractivity contribution in [2.75, 3.05) is 13.2 Å². The lowest BCUT2D eigenvalue weighted by atomic mass is 10.1. The number of carbonyl (C=O) groups is 3. The van der Waals surface area contributed by atoms with E-state index in [2.05, 4.69) is 69.4 Å². The van der Waals surface area contributed by atoms with Crippen molar-refractivity contribution >= 4 is 17.9 Å². The normalized spacial score (nSPS) is 12.4. The molecule has 0 aromatic heterocycles. The smallest absolute Gasteiger partial charge is 0.306 e. The van der Waals surface area contributed by atoms with E-state index in [1.54, 1.807) is 0 Å². The van der Waals surface area contributed by atoms with Gasteiger partial charge in [-0.2, -0.15) is 0 Å². The fourth-order valence-corrected chi connectivity index (χ4v) is 6.28. The Morgan fingerprint density at radius 3 is 1.20 bits per heavy atom. The van der Waals surface area contributed by atoms with Gasteiger partial charge in [0.1, 0.15) is 13.2 Å². The Morgan fingerprint density at radius 1 is 0.382 bits per heavy atom. The van der Waals surface area contributed by atoms with Crippen LogP contribution in [0.4, 0.5) is 0 Å². The first-order valence-corrected chi connectivity index (χ1v) is 23.1. The molecule has 6 nitrogen and oxygen atoms in total. The standard InChI is InChI=1S/C49H86O6/c1-4-7-10-13-16-19-21-22-23-24-25-26-28-30-33-36-39-42-48(51)54-45-46(44-53-47(50)41-38-35-32-29-18-15-12-9-6-3)55-49(52)43-40-37-34-31-27-20-17-14-11-8-5-2/h9,12,14,17-18,22-23,29,46H,4-8,10-11,13,15-16,19-21,24-28,30-45H2,1-3H3/b12-9-,17-14-,23-22-,29-18-. The lowest BCUT2D eigenvalue weighted by Crippen LogP contribution is -2.30. The highest BCUT2D eigenvalue weighted by Gasteiger charge is 2.19. The molecule has 318 valence electrons. The molecule has 0 radical (unpaired) electrons. The summed E-state index contributed by atoms with van der Waals surface area (Å²) in [7, 11) is 0. The van der Waals surface area contributed by atoms with Gasteiger partial charge in [-0.1, -0.05) is 166 Å². The van der Waals surface area contributed by atoms with Gasteiger partial charge in [0.05, 0.1) is 0 Å². The van der Waals surface area contributed by atoms with E-state index in [0.29, 0.717) is 19.3 Å². The first-order valence-electron chi connectivity index (χ1n) is 23.1. The van der Waals surface area contributed by atoms with Gasteiger partial charge >= 0.3 is 17.9 Å². The Bertz CT molecular complexity index is 980. The number of rotatable bonds is 41. The molecule has 0 N–H and O–H groups in total. The first kappa shape index (κ1) is 52.4. The molecule has 6 heteroatoms. The van der Waals surface area contributed by atoms with E-state index in [1.807, 2.05) is 0 Å². The van der Waals surface area contributed by atoms with Gasteiger partial charge in [-0.05, 0) is 89.9 Å². The zero-order valence-electron chi connectivity index (χ0n) is 36.2. The van der Waals surface area contributed by atoms with Crippen LogP contribution < -0.4 is 0 Å². The van der Waals surface area contributed by atoms with Gasteiger partial charge in [-0.3, -0.25) is 14.4 Å². The lowest BCUT2D eigenvalue weighted by Gasteiger charge is -2.18. The quantitative estimate of drug-likeness (QED) is 0.0267. The number of allylic oxidation sites excluding steroid dienone is 8. The summed E-state index contributed by atoms with van der Waals surface area (Å²) in [6.07, 6.45) is 51.1. The monoisotopic (exact) mass is 771 g/mol. The minimum atomic E-state index is -0.788. The highest BCUT2D eigenvalue weighted by atomic mass is 16.6. The molecule has 0 aromatic rings. The van der Waals surface area contributed by atoms with Gasteiger partial charge in [0.25, 0.3) is 0 Å². The Morgan fingerprint density at radius 2 is 0.727 bits per heavy atom. The number of unbranched alkanes of at least 4 members (excludes halogenated alkanes) is 22. The van der Waals surface area contributed by atoms with Crippen molar-refractivity contribution in [1.82, 2.24) is 0 Å². The average molecular weight is 771 g/mol. The summed E-state index contributed by atoms with van der Waals surface area (Å²) >= 11 is 0. The van der Waals surface area contributed by atoms with Crippen LogP contribution in [0.3, 0.4) is 0 Å². The lowest BCUT2D eigenvalue weighted by molar-refractivity contribution is -0.167. The number of ether oxygens (including phenoxy) is 3. The SMILES string of the molecule is CC/C=C\C/C=C\CCCCC(=O)OCC(COC(=O)CCCCCCCCC/C=C\CCCCCCCC)OC(=O)CCCCCCC/C=C\CCCC. The molecule has 0 aliphatic rings. The zero-order chi connectivity index (χ0) is 40.1. The second kappa shape index (κ2) is 44.1. The molecule has 0 amide bonds. The van der Waals surface area contributed by atoms with E-state index in [1.165, 1.54) is 103 Å². The van der Waals surface area contributed by atoms with Gasteiger partial charge in [-0.25, -0.2) is 0 Å². The maximum atomic E-state index is 12.7. The molecule has 1 atom stereocenters. The van der Waals surface area contributed by atoms with Crippen molar-refractivity contribution in [2.24, 2.45) is 0 Å². The van der Waals surface area contributed by atoms with Crippen LogP contribution in [0.2, 0.25) is 0 Å². The summed E-state index contributed by atoms with van der Waals surface area (Å²) in [5, 5.41) is 0. The Labute approximate surface area is 339 Å². The Hall–Kier alpha value is -2.63. The maximum Gasteiger partial charge on any atom is 0.306 e. The van der Waals surface area contributed by atoms with Crippen LogP contribution in [0.5, 0.6) is 0 Å². The highest BCUT2D eigenvalue weighted by Crippen LogP contribution is 2.13.